The summed E-state index contributed by atoms with van der Waals surface area (Å²) in [6.45, 7) is 1.72. The summed E-state index contributed by atoms with van der Waals surface area (Å²) in [5.41, 5.74) is 0.857. The van der Waals surface area contributed by atoms with Crippen LogP contribution in [0.15, 0.2) is 6.20 Å². The maximum atomic E-state index is 9.03. The van der Waals surface area contributed by atoms with Gasteiger partial charge in [0.2, 0.25) is 0 Å². The molecule has 0 fully saturated rings. The van der Waals surface area contributed by atoms with Crippen molar-refractivity contribution in [1.29, 1.82) is 0 Å². The molecule has 0 aromatic carbocycles. The van der Waals surface area contributed by atoms with Crippen LogP contribution < -0.4 is 0 Å². The first-order valence-corrected chi connectivity index (χ1v) is 3.67. The van der Waals surface area contributed by atoms with Gasteiger partial charge in [-0.1, -0.05) is 0 Å². The fourth-order valence-corrected chi connectivity index (χ4v) is 1.32. The smallest absolute Gasteiger partial charge is 0.128 e. The van der Waals surface area contributed by atoms with Gasteiger partial charge >= 0.3 is 0 Å². The zero-order valence-corrected chi connectivity index (χ0v) is 7.08. The van der Waals surface area contributed by atoms with Crippen molar-refractivity contribution in [3.05, 3.63) is 15.5 Å². The van der Waals surface area contributed by atoms with Gasteiger partial charge in [0.25, 0.3) is 0 Å². The Morgan fingerprint density at radius 2 is 2.56 bits per heavy atom. The van der Waals surface area contributed by atoms with Crippen LogP contribution in [-0.2, 0) is 0 Å². The summed E-state index contributed by atoms with van der Waals surface area (Å²) in [7, 11) is 0. The van der Waals surface area contributed by atoms with Gasteiger partial charge in [0.05, 0.1) is 6.10 Å². The minimum atomic E-state index is -0.421. The highest BCUT2D eigenvalue weighted by Gasteiger charge is 2.06. The fourth-order valence-electron chi connectivity index (χ4n) is 0.576. The monoisotopic (exact) mass is 238 g/mol. The third-order valence-corrected chi connectivity index (χ3v) is 1.94. The third-order valence-electron chi connectivity index (χ3n) is 1.07. The maximum Gasteiger partial charge on any atom is 0.128 e. The minimum Gasteiger partial charge on any atom is -0.389 e. The van der Waals surface area contributed by atoms with Crippen LogP contribution in [0.4, 0.5) is 0 Å². The van der Waals surface area contributed by atoms with Gasteiger partial charge < -0.3 is 5.11 Å². The van der Waals surface area contributed by atoms with Gasteiger partial charge in [0, 0.05) is 11.8 Å². The normalized spacial score (nSPS) is 13.7. The number of hydrogen-bond donors (Lipinski definition) is 2. The van der Waals surface area contributed by atoms with Gasteiger partial charge in [-0.25, -0.2) is 0 Å². The van der Waals surface area contributed by atoms with Crippen molar-refractivity contribution in [2.75, 3.05) is 0 Å². The van der Waals surface area contributed by atoms with E-state index in [0.29, 0.717) is 0 Å². The van der Waals surface area contributed by atoms with Crippen molar-refractivity contribution < 1.29 is 5.11 Å². The summed E-state index contributed by atoms with van der Waals surface area (Å²) in [5, 5.41) is 15.5. The van der Waals surface area contributed by atoms with Gasteiger partial charge in [0.15, 0.2) is 0 Å². The molecule has 9 heavy (non-hydrogen) atoms. The average molecular weight is 238 g/mol. The van der Waals surface area contributed by atoms with Crippen LogP contribution in [0.3, 0.4) is 0 Å². The SMILES string of the molecule is CC(O)c1c[nH]nc1I. The van der Waals surface area contributed by atoms with E-state index in [1.807, 2.05) is 0 Å². The molecule has 0 aliphatic rings. The molecule has 0 aliphatic heterocycles. The molecule has 4 heteroatoms. The number of rotatable bonds is 1. The number of aromatic amines is 1. The Hall–Kier alpha value is -0.100. The number of H-pyrrole nitrogens is 1. The number of nitrogens with zero attached hydrogens (tertiary/aromatic N) is 1. The second-order valence-electron chi connectivity index (χ2n) is 1.81. The van der Waals surface area contributed by atoms with E-state index in [4.69, 9.17) is 5.11 Å². The molecule has 0 saturated carbocycles. The lowest BCUT2D eigenvalue weighted by molar-refractivity contribution is 0.198. The molecule has 2 N–H and O–H groups in total. The predicted octanol–water partition coefficient (Wildman–Crippen LogP) is 1.07. The van der Waals surface area contributed by atoms with Crippen LogP contribution in [0.25, 0.3) is 0 Å². The van der Waals surface area contributed by atoms with E-state index in [1.165, 1.54) is 0 Å². The number of hydrogen-bond acceptors (Lipinski definition) is 2. The molecule has 0 amide bonds. The third kappa shape index (κ3) is 1.42. The van der Waals surface area contributed by atoms with Crippen molar-refractivity contribution in [2.45, 2.75) is 13.0 Å². The maximum absolute atomic E-state index is 9.03. The van der Waals surface area contributed by atoms with Crippen molar-refractivity contribution in [1.82, 2.24) is 10.2 Å². The van der Waals surface area contributed by atoms with E-state index in [-0.39, 0.29) is 0 Å². The minimum absolute atomic E-state index is 0.421. The molecular formula is C5H7IN2O. The fraction of sp³-hybridized carbons (Fsp3) is 0.400. The summed E-state index contributed by atoms with van der Waals surface area (Å²) in [6.07, 6.45) is 1.28. The van der Waals surface area contributed by atoms with E-state index in [2.05, 4.69) is 32.8 Å². The summed E-state index contributed by atoms with van der Waals surface area (Å²) in [4.78, 5) is 0. The van der Waals surface area contributed by atoms with E-state index < -0.39 is 6.10 Å². The van der Waals surface area contributed by atoms with Crippen LogP contribution in [0.2, 0.25) is 0 Å². The topological polar surface area (TPSA) is 48.9 Å². The van der Waals surface area contributed by atoms with Crippen molar-refractivity contribution in [3.8, 4) is 0 Å². The number of aliphatic hydroxyl groups is 1. The van der Waals surface area contributed by atoms with Crippen LogP contribution in [-0.4, -0.2) is 15.3 Å². The Kier molecular flexibility index (Phi) is 2.07. The predicted molar refractivity (Wildman–Crippen MR) is 41.9 cm³/mol. The molecule has 1 aromatic rings. The highest BCUT2D eigenvalue weighted by atomic mass is 127. The zero-order chi connectivity index (χ0) is 6.85. The van der Waals surface area contributed by atoms with Gasteiger partial charge in [-0.15, -0.1) is 0 Å². The summed E-state index contributed by atoms with van der Waals surface area (Å²) >= 11 is 2.07. The average Bonchev–Trinajstić information content (AvgIpc) is 2.13. The molecule has 3 nitrogen and oxygen atoms in total. The van der Waals surface area contributed by atoms with E-state index >= 15 is 0 Å². The lowest BCUT2D eigenvalue weighted by Crippen LogP contribution is -1.89. The second-order valence-corrected chi connectivity index (χ2v) is 2.83. The molecule has 0 aliphatic carbocycles. The molecule has 0 bridgehead atoms. The molecule has 50 valence electrons. The summed E-state index contributed by atoms with van der Waals surface area (Å²) < 4.78 is 0.836. The number of aliphatic hydroxyl groups excluding tert-OH is 1. The lowest BCUT2D eigenvalue weighted by Gasteiger charge is -1.97. The Labute approximate surface area is 66.6 Å². The Balaban J connectivity index is 2.94. The van der Waals surface area contributed by atoms with E-state index in [0.717, 1.165) is 9.26 Å². The molecule has 0 saturated heterocycles. The highest BCUT2D eigenvalue weighted by molar-refractivity contribution is 14.1. The van der Waals surface area contributed by atoms with Crippen molar-refractivity contribution in [2.24, 2.45) is 0 Å². The standard InChI is InChI=1S/C5H7IN2O/c1-3(9)4-2-7-8-5(4)6/h2-3,9H,1H3,(H,7,8). The molecule has 1 aromatic heterocycles. The molecule has 1 unspecified atom stereocenters. The molecule has 1 atom stereocenters. The number of halogens is 1. The summed E-state index contributed by atoms with van der Waals surface area (Å²) in [5.74, 6) is 0. The number of aromatic nitrogens is 2. The highest BCUT2D eigenvalue weighted by Crippen LogP contribution is 2.15. The molecule has 1 heterocycles. The Morgan fingerprint density at radius 1 is 1.89 bits per heavy atom. The van der Waals surface area contributed by atoms with Crippen LogP contribution in [0.1, 0.15) is 18.6 Å². The first-order valence-electron chi connectivity index (χ1n) is 2.59. The van der Waals surface area contributed by atoms with Gasteiger partial charge in [-0.3, -0.25) is 5.10 Å². The lowest BCUT2D eigenvalue weighted by atomic mass is 10.2. The first kappa shape index (κ1) is 7.01. The largest absolute Gasteiger partial charge is 0.389 e. The van der Waals surface area contributed by atoms with Crippen LogP contribution in [0, 0.1) is 3.70 Å². The van der Waals surface area contributed by atoms with E-state index in [9.17, 15) is 0 Å². The van der Waals surface area contributed by atoms with Crippen molar-refractivity contribution >= 4 is 22.6 Å². The molecule has 0 spiro atoms. The first-order chi connectivity index (χ1) is 4.22. The van der Waals surface area contributed by atoms with Gasteiger partial charge in [-0.2, -0.15) is 5.10 Å². The molecule has 0 radical (unpaired) electrons. The van der Waals surface area contributed by atoms with Crippen LogP contribution >= 0.6 is 22.6 Å². The zero-order valence-electron chi connectivity index (χ0n) is 4.93. The van der Waals surface area contributed by atoms with Gasteiger partial charge in [0.1, 0.15) is 3.70 Å². The summed E-state index contributed by atoms with van der Waals surface area (Å²) in [6, 6.07) is 0. The molecule has 1 rings (SSSR count). The molecular weight excluding hydrogens is 231 g/mol. The number of nitrogens with one attached hydrogen (secondary N) is 1. The Morgan fingerprint density at radius 3 is 2.78 bits per heavy atom. The quantitative estimate of drug-likeness (QED) is 0.719. The van der Waals surface area contributed by atoms with Gasteiger partial charge in [-0.05, 0) is 29.5 Å². The Bertz CT molecular complexity index is 197. The van der Waals surface area contributed by atoms with Crippen LogP contribution in [0.5, 0.6) is 0 Å². The second kappa shape index (κ2) is 2.66. The van der Waals surface area contributed by atoms with E-state index in [1.54, 1.807) is 13.1 Å². The van der Waals surface area contributed by atoms with Crippen molar-refractivity contribution in [3.63, 3.8) is 0 Å².